The van der Waals surface area contributed by atoms with Gasteiger partial charge in [0.2, 0.25) is 0 Å². The first-order valence-corrected chi connectivity index (χ1v) is 6.74. The van der Waals surface area contributed by atoms with Gasteiger partial charge in [0.15, 0.2) is 11.6 Å². The van der Waals surface area contributed by atoms with E-state index in [4.69, 9.17) is 4.74 Å². The Kier molecular flexibility index (Phi) is 4.69. The second-order valence-corrected chi connectivity index (χ2v) is 4.67. The van der Waals surface area contributed by atoms with Crippen molar-refractivity contribution >= 4 is 0 Å². The van der Waals surface area contributed by atoms with E-state index >= 15 is 0 Å². The van der Waals surface area contributed by atoms with Crippen molar-refractivity contribution in [3.63, 3.8) is 0 Å². The van der Waals surface area contributed by atoms with Crippen molar-refractivity contribution in [2.24, 2.45) is 0 Å². The Morgan fingerprint density at radius 1 is 1.30 bits per heavy atom. The molecule has 2 aromatic rings. The van der Waals surface area contributed by atoms with Gasteiger partial charge >= 0.3 is 0 Å². The lowest BCUT2D eigenvalue weighted by Crippen LogP contribution is -2.18. The van der Waals surface area contributed by atoms with Crippen molar-refractivity contribution < 1.29 is 9.13 Å². The van der Waals surface area contributed by atoms with Crippen LogP contribution >= 0.6 is 0 Å². The molecular weight excluding hydrogens is 255 g/mol. The van der Waals surface area contributed by atoms with E-state index < -0.39 is 0 Å². The fraction of sp³-hybridized carbons (Fsp3) is 0.312. The summed E-state index contributed by atoms with van der Waals surface area (Å²) in [6.45, 7) is 6.70. The molecule has 0 aliphatic heterocycles. The number of para-hydroxylation sites is 1. The van der Waals surface area contributed by atoms with E-state index in [9.17, 15) is 4.39 Å². The molecule has 3 nitrogen and oxygen atoms in total. The Labute approximate surface area is 118 Å². The predicted molar refractivity (Wildman–Crippen MR) is 77.5 cm³/mol. The number of nitrogens with zero attached hydrogens (tertiary/aromatic N) is 1. The minimum atomic E-state index is -0.368. The van der Waals surface area contributed by atoms with Crippen LogP contribution in [0.5, 0.6) is 11.5 Å². The van der Waals surface area contributed by atoms with E-state index in [2.05, 4.69) is 10.3 Å². The molecule has 0 aliphatic rings. The smallest absolute Gasteiger partial charge is 0.167 e. The molecule has 1 aromatic heterocycles. The molecule has 1 N–H and O–H groups in total. The molecule has 1 atom stereocenters. The maximum Gasteiger partial charge on any atom is 0.167 e. The van der Waals surface area contributed by atoms with Gasteiger partial charge in [0.05, 0.1) is 6.20 Å². The monoisotopic (exact) mass is 274 g/mol. The zero-order valence-electron chi connectivity index (χ0n) is 12.0. The average molecular weight is 274 g/mol. The van der Waals surface area contributed by atoms with E-state index in [0.29, 0.717) is 5.75 Å². The van der Waals surface area contributed by atoms with Gasteiger partial charge in [-0.3, -0.25) is 4.98 Å². The highest BCUT2D eigenvalue weighted by Gasteiger charge is 2.15. The number of benzene rings is 1. The van der Waals surface area contributed by atoms with Crippen LogP contribution in [0.2, 0.25) is 0 Å². The molecule has 0 amide bonds. The van der Waals surface area contributed by atoms with E-state index in [0.717, 1.165) is 17.8 Å². The van der Waals surface area contributed by atoms with Crippen LogP contribution in [0.15, 0.2) is 36.5 Å². The van der Waals surface area contributed by atoms with Crippen molar-refractivity contribution in [2.75, 3.05) is 6.54 Å². The summed E-state index contributed by atoms with van der Waals surface area (Å²) in [5.41, 5.74) is 1.69. The van der Waals surface area contributed by atoms with Gasteiger partial charge in [-0.05, 0) is 38.6 Å². The van der Waals surface area contributed by atoms with Crippen molar-refractivity contribution in [1.29, 1.82) is 0 Å². The SMILES string of the molecule is CCNC(C)c1cccc(F)c1Oc1ccc(C)nc1. The van der Waals surface area contributed by atoms with Crippen LogP contribution < -0.4 is 10.1 Å². The molecule has 0 saturated carbocycles. The number of nitrogens with one attached hydrogen (secondary N) is 1. The lowest BCUT2D eigenvalue weighted by Gasteiger charge is -2.18. The molecule has 1 heterocycles. The topological polar surface area (TPSA) is 34.1 Å². The first-order valence-electron chi connectivity index (χ1n) is 6.74. The second kappa shape index (κ2) is 6.48. The molecule has 0 radical (unpaired) electrons. The molecule has 2 rings (SSSR count). The highest BCUT2D eigenvalue weighted by molar-refractivity contribution is 5.40. The number of hydrogen-bond acceptors (Lipinski definition) is 3. The van der Waals surface area contributed by atoms with E-state index in [-0.39, 0.29) is 17.6 Å². The van der Waals surface area contributed by atoms with Crippen molar-refractivity contribution in [2.45, 2.75) is 26.8 Å². The Morgan fingerprint density at radius 2 is 2.10 bits per heavy atom. The van der Waals surface area contributed by atoms with Crippen LogP contribution in [0.4, 0.5) is 4.39 Å². The van der Waals surface area contributed by atoms with Gasteiger partial charge in [-0.15, -0.1) is 0 Å². The third-order valence-corrected chi connectivity index (χ3v) is 3.08. The van der Waals surface area contributed by atoms with E-state index in [1.807, 2.05) is 32.9 Å². The molecule has 0 aliphatic carbocycles. The second-order valence-electron chi connectivity index (χ2n) is 4.67. The van der Waals surface area contributed by atoms with Gasteiger partial charge < -0.3 is 10.1 Å². The predicted octanol–water partition coefficient (Wildman–Crippen LogP) is 3.99. The summed E-state index contributed by atoms with van der Waals surface area (Å²) >= 11 is 0. The molecule has 0 fully saturated rings. The summed E-state index contributed by atoms with van der Waals surface area (Å²) in [6, 6.07) is 8.61. The molecule has 0 bridgehead atoms. The third kappa shape index (κ3) is 3.33. The van der Waals surface area contributed by atoms with Gasteiger partial charge in [0, 0.05) is 17.3 Å². The summed E-state index contributed by atoms with van der Waals surface area (Å²) in [7, 11) is 0. The number of hydrogen-bond donors (Lipinski definition) is 1. The fourth-order valence-electron chi connectivity index (χ4n) is 2.02. The van der Waals surface area contributed by atoms with Gasteiger partial charge in [-0.1, -0.05) is 19.1 Å². The molecule has 4 heteroatoms. The molecule has 0 saturated heterocycles. The molecular formula is C16H19FN2O. The largest absolute Gasteiger partial charge is 0.452 e. The van der Waals surface area contributed by atoms with Gasteiger partial charge in [0.1, 0.15) is 5.75 Å². The summed E-state index contributed by atoms with van der Waals surface area (Å²) in [5.74, 6) is 0.421. The normalized spacial score (nSPS) is 12.2. The number of aromatic nitrogens is 1. The van der Waals surface area contributed by atoms with Gasteiger partial charge in [-0.2, -0.15) is 0 Å². The number of ether oxygens (including phenoxy) is 1. The quantitative estimate of drug-likeness (QED) is 0.895. The number of pyridine rings is 1. The minimum absolute atomic E-state index is 0.0177. The zero-order valence-corrected chi connectivity index (χ0v) is 12.0. The molecule has 1 aromatic carbocycles. The fourth-order valence-corrected chi connectivity index (χ4v) is 2.02. The van der Waals surface area contributed by atoms with Crippen LogP contribution in [0.1, 0.15) is 31.1 Å². The number of halogens is 1. The maximum atomic E-state index is 14.0. The van der Waals surface area contributed by atoms with Gasteiger partial charge in [-0.25, -0.2) is 4.39 Å². The Hall–Kier alpha value is -1.94. The molecule has 1 unspecified atom stereocenters. The molecule has 0 spiro atoms. The third-order valence-electron chi connectivity index (χ3n) is 3.08. The van der Waals surface area contributed by atoms with Crippen LogP contribution in [0.25, 0.3) is 0 Å². The minimum Gasteiger partial charge on any atom is -0.452 e. The van der Waals surface area contributed by atoms with Crippen molar-refractivity contribution in [3.05, 3.63) is 53.6 Å². The van der Waals surface area contributed by atoms with Crippen LogP contribution in [0.3, 0.4) is 0 Å². The van der Waals surface area contributed by atoms with Crippen LogP contribution in [-0.4, -0.2) is 11.5 Å². The lowest BCUT2D eigenvalue weighted by molar-refractivity contribution is 0.424. The molecule has 106 valence electrons. The van der Waals surface area contributed by atoms with Crippen LogP contribution in [-0.2, 0) is 0 Å². The Morgan fingerprint density at radius 3 is 2.75 bits per heavy atom. The number of aryl methyl sites for hydroxylation is 1. The first kappa shape index (κ1) is 14.5. The van der Waals surface area contributed by atoms with Crippen molar-refractivity contribution in [3.8, 4) is 11.5 Å². The summed E-state index contributed by atoms with van der Waals surface area (Å²) in [4.78, 5) is 4.15. The summed E-state index contributed by atoms with van der Waals surface area (Å²) in [5, 5.41) is 3.26. The zero-order chi connectivity index (χ0) is 14.5. The lowest BCUT2D eigenvalue weighted by atomic mass is 10.1. The highest BCUT2D eigenvalue weighted by Crippen LogP contribution is 2.32. The Bertz CT molecular complexity index is 569. The number of rotatable bonds is 5. The standard InChI is InChI=1S/C16H19FN2O/c1-4-18-12(3)14-6-5-7-15(17)16(14)20-13-9-8-11(2)19-10-13/h5-10,12,18H,4H2,1-3H3. The summed E-state index contributed by atoms with van der Waals surface area (Å²) < 4.78 is 19.7. The van der Waals surface area contributed by atoms with Gasteiger partial charge in [0.25, 0.3) is 0 Å². The van der Waals surface area contributed by atoms with E-state index in [1.165, 1.54) is 6.07 Å². The van der Waals surface area contributed by atoms with Crippen molar-refractivity contribution in [1.82, 2.24) is 10.3 Å². The average Bonchev–Trinajstić information content (AvgIpc) is 2.43. The first-order chi connectivity index (χ1) is 9.61. The molecule has 20 heavy (non-hydrogen) atoms. The summed E-state index contributed by atoms with van der Waals surface area (Å²) in [6.07, 6.45) is 1.60. The van der Waals surface area contributed by atoms with E-state index in [1.54, 1.807) is 18.3 Å². The highest BCUT2D eigenvalue weighted by atomic mass is 19.1. The Balaban J connectivity index is 2.32. The maximum absolute atomic E-state index is 14.0. The van der Waals surface area contributed by atoms with Crippen LogP contribution in [0, 0.1) is 12.7 Å².